The topological polar surface area (TPSA) is 78.3 Å². The highest BCUT2D eigenvalue weighted by atomic mass is 16.5. The van der Waals surface area contributed by atoms with Gasteiger partial charge in [-0.2, -0.15) is 5.10 Å². The Morgan fingerprint density at radius 3 is 2.92 bits per heavy atom. The summed E-state index contributed by atoms with van der Waals surface area (Å²) in [7, 11) is 1.59. The molecule has 2 aromatic carbocycles. The summed E-state index contributed by atoms with van der Waals surface area (Å²) in [6, 6.07) is 13.0. The second-order valence-electron chi connectivity index (χ2n) is 5.65. The normalized spacial score (nSPS) is 12.6. The van der Waals surface area contributed by atoms with Crippen LogP contribution in [0.1, 0.15) is 5.56 Å². The summed E-state index contributed by atoms with van der Waals surface area (Å²) < 4.78 is 12.6. The lowest BCUT2D eigenvalue weighted by Gasteiger charge is -2.20. The maximum atomic E-state index is 12.7. The highest BCUT2D eigenvalue weighted by Gasteiger charge is 2.20. The minimum atomic E-state index is -0.231. The fourth-order valence-corrected chi connectivity index (χ4v) is 2.79. The molecule has 0 saturated carbocycles. The lowest BCUT2D eigenvalue weighted by molar-refractivity contribution is -0.113. The monoisotopic (exact) mass is 348 g/mol. The summed E-state index contributed by atoms with van der Waals surface area (Å²) in [6.07, 6.45) is 4.84. The van der Waals surface area contributed by atoms with Crippen molar-refractivity contribution in [2.24, 2.45) is 0 Å². The third-order valence-corrected chi connectivity index (χ3v) is 4.04. The number of anilines is 1. The largest absolute Gasteiger partial charge is 0.493 e. The van der Waals surface area contributed by atoms with Crippen molar-refractivity contribution >= 4 is 17.7 Å². The molecule has 2 heterocycles. The van der Waals surface area contributed by atoms with Crippen molar-refractivity contribution in [2.45, 2.75) is 0 Å². The molecule has 0 fully saturated rings. The van der Waals surface area contributed by atoms with Crippen LogP contribution in [-0.4, -0.2) is 34.4 Å². The number of nitrogens with zero attached hydrogens (tertiary/aromatic N) is 3. The molecule has 1 aromatic heterocycles. The van der Waals surface area contributed by atoms with Gasteiger partial charge in [-0.3, -0.25) is 4.79 Å². The van der Waals surface area contributed by atoms with Gasteiger partial charge in [0.05, 0.1) is 24.1 Å². The molecular weight excluding hydrogens is 332 g/mol. The fourth-order valence-electron chi connectivity index (χ4n) is 2.79. The molecule has 0 saturated heterocycles. The van der Waals surface area contributed by atoms with Crippen LogP contribution in [0.3, 0.4) is 0 Å². The molecule has 7 nitrogen and oxygen atoms in total. The Bertz CT molecular complexity index is 980. The van der Waals surface area contributed by atoms with Crippen molar-refractivity contribution in [1.82, 2.24) is 14.8 Å². The molecule has 1 aliphatic heterocycles. The molecule has 3 aromatic rings. The fraction of sp³-hybridized carbons (Fsp3) is 0.105. The lowest BCUT2D eigenvalue weighted by Crippen LogP contribution is -2.22. The number of ether oxygens (including phenoxy) is 2. The molecule has 0 unspecified atom stereocenters. The van der Waals surface area contributed by atoms with Crippen LogP contribution in [0.15, 0.2) is 60.7 Å². The van der Waals surface area contributed by atoms with Crippen molar-refractivity contribution in [3.8, 4) is 17.2 Å². The van der Waals surface area contributed by atoms with Gasteiger partial charge in [-0.05, 0) is 24.3 Å². The second kappa shape index (κ2) is 6.72. The smallest absolute Gasteiger partial charge is 0.255 e. The SMILES string of the molecule is COc1cccc2c1OCC(C(=O)Nc1ccccc1-n1cncn1)=C2. The van der Waals surface area contributed by atoms with Crippen LogP contribution in [0.4, 0.5) is 5.69 Å². The molecule has 0 aliphatic carbocycles. The van der Waals surface area contributed by atoms with Crippen LogP contribution in [-0.2, 0) is 4.79 Å². The number of rotatable bonds is 4. The molecule has 130 valence electrons. The highest BCUT2D eigenvalue weighted by Crippen LogP contribution is 2.35. The molecule has 1 amide bonds. The van der Waals surface area contributed by atoms with Crippen LogP contribution in [0, 0.1) is 0 Å². The minimum absolute atomic E-state index is 0.171. The average Bonchev–Trinajstić information content (AvgIpc) is 3.22. The van der Waals surface area contributed by atoms with Crippen LogP contribution >= 0.6 is 0 Å². The van der Waals surface area contributed by atoms with E-state index in [1.54, 1.807) is 18.1 Å². The number of aromatic nitrogens is 3. The quantitative estimate of drug-likeness (QED) is 0.784. The summed E-state index contributed by atoms with van der Waals surface area (Å²) >= 11 is 0. The average molecular weight is 348 g/mol. The van der Waals surface area contributed by atoms with E-state index in [2.05, 4.69) is 15.4 Å². The van der Waals surface area contributed by atoms with Crippen LogP contribution < -0.4 is 14.8 Å². The van der Waals surface area contributed by atoms with E-state index in [4.69, 9.17) is 9.47 Å². The van der Waals surface area contributed by atoms with Crippen molar-refractivity contribution in [1.29, 1.82) is 0 Å². The van der Waals surface area contributed by atoms with Crippen LogP contribution in [0.25, 0.3) is 11.8 Å². The van der Waals surface area contributed by atoms with Gasteiger partial charge >= 0.3 is 0 Å². The van der Waals surface area contributed by atoms with Gasteiger partial charge in [-0.1, -0.05) is 24.3 Å². The number of amides is 1. The zero-order chi connectivity index (χ0) is 17.9. The standard InChI is InChI=1S/C19H16N4O3/c1-25-17-8-4-5-13-9-14(10-26-18(13)17)19(24)22-15-6-2-3-7-16(15)23-12-20-11-21-23/h2-9,11-12H,10H2,1H3,(H,22,24). The Morgan fingerprint density at radius 2 is 2.12 bits per heavy atom. The van der Waals surface area contributed by atoms with Crippen molar-refractivity contribution in [3.05, 3.63) is 66.3 Å². The third-order valence-electron chi connectivity index (χ3n) is 4.04. The first-order chi connectivity index (χ1) is 12.8. The van der Waals surface area contributed by atoms with E-state index >= 15 is 0 Å². The number of hydrogen-bond donors (Lipinski definition) is 1. The molecule has 1 aliphatic rings. The zero-order valence-electron chi connectivity index (χ0n) is 14.0. The predicted octanol–water partition coefficient (Wildman–Crippen LogP) is 2.69. The van der Waals surface area contributed by atoms with Crippen molar-refractivity contribution in [2.75, 3.05) is 19.0 Å². The Kier molecular flexibility index (Phi) is 4.10. The zero-order valence-corrected chi connectivity index (χ0v) is 14.0. The number of carbonyl (C=O) groups excluding carboxylic acids is 1. The predicted molar refractivity (Wildman–Crippen MR) is 96.5 cm³/mol. The van der Waals surface area contributed by atoms with Crippen LogP contribution in [0.2, 0.25) is 0 Å². The summed E-state index contributed by atoms with van der Waals surface area (Å²) in [6.45, 7) is 0.171. The Labute approximate surface area is 149 Å². The number of hydrogen-bond acceptors (Lipinski definition) is 5. The number of methoxy groups -OCH3 is 1. The van der Waals surface area contributed by atoms with Crippen molar-refractivity contribution in [3.63, 3.8) is 0 Å². The summed E-state index contributed by atoms with van der Waals surface area (Å²) in [5.74, 6) is 1.07. The van der Waals surface area contributed by atoms with E-state index in [0.717, 1.165) is 11.3 Å². The molecule has 7 heteroatoms. The van der Waals surface area contributed by atoms with Crippen LogP contribution in [0.5, 0.6) is 11.5 Å². The molecular formula is C19H16N4O3. The minimum Gasteiger partial charge on any atom is -0.493 e. The van der Waals surface area contributed by atoms with Gasteiger partial charge < -0.3 is 14.8 Å². The second-order valence-corrected chi connectivity index (χ2v) is 5.65. The number of carbonyl (C=O) groups is 1. The molecule has 1 N–H and O–H groups in total. The molecule has 0 bridgehead atoms. The van der Waals surface area contributed by atoms with Gasteiger partial charge in [0.1, 0.15) is 19.3 Å². The van der Waals surface area contributed by atoms with E-state index in [1.165, 1.54) is 6.33 Å². The first kappa shape index (κ1) is 15.9. The van der Waals surface area contributed by atoms with E-state index in [0.29, 0.717) is 22.8 Å². The Balaban J connectivity index is 1.61. The van der Waals surface area contributed by atoms with E-state index < -0.39 is 0 Å². The first-order valence-electron chi connectivity index (χ1n) is 8.02. The van der Waals surface area contributed by atoms with Crippen molar-refractivity contribution < 1.29 is 14.3 Å². The van der Waals surface area contributed by atoms with Gasteiger partial charge in [0, 0.05) is 5.56 Å². The number of fused-ring (bicyclic) bond motifs is 1. The van der Waals surface area contributed by atoms with E-state index in [-0.39, 0.29) is 12.5 Å². The highest BCUT2D eigenvalue weighted by molar-refractivity contribution is 6.08. The summed E-state index contributed by atoms with van der Waals surface area (Å²) in [5.41, 5.74) is 2.71. The summed E-state index contributed by atoms with van der Waals surface area (Å²) in [5, 5.41) is 7.04. The molecule has 0 atom stereocenters. The molecule has 0 radical (unpaired) electrons. The summed E-state index contributed by atoms with van der Waals surface area (Å²) in [4.78, 5) is 16.7. The maximum absolute atomic E-state index is 12.7. The Morgan fingerprint density at radius 1 is 1.23 bits per heavy atom. The number of nitrogens with one attached hydrogen (secondary N) is 1. The maximum Gasteiger partial charge on any atom is 0.255 e. The number of benzene rings is 2. The van der Waals surface area contributed by atoms with Gasteiger partial charge in [-0.15, -0.1) is 0 Å². The lowest BCUT2D eigenvalue weighted by atomic mass is 10.1. The molecule has 4 rings (SSSR count). The van der Waals surface area contributed by atoms with Gasteiger partial charge in [-0.25, -0.2) is 9.67 Å². The number of para-hydroxylation sites is 3. The van der Waals surface area contributed by atoms with E-state index in [9.17, 15) is 4.79 Å². The Hall–Kier alpha value is -3.61. The third kappa shape index (κ3) is 2.90. The molecule has 0 spiro atoms. The van der Waals surface area contributed by atoms with Gasteiger partial charge in [0.2, 0.25) is 0 Å². The van der Waals surface area contributed by atoms with Gasteiger partial charge in [0.15, 0.2) is 11.5 Å². The first-order valence-corrected chi connectivity index (χ1v) is 8.02. The molecule has 26 heavy (non-hydrogen) atoms. The van der Waals surface area contributed by atoms with E-state index in [1.807, 2.05) is 48.5 Å². The van der Waals surface area contributed by atoms with Gasteiger partial charge in [0.25, 0.3) is 5.91 Å².